The first-order chi connectivity index (χ1) is 12.3. The number of anilines is 1. The van der Waals surface area contributed by atoms with Crippen LogP contribution < -0.4 is 5.32 Å². The number of non-ortho nitro benzene ring substituents is 1. The molecule has 6 nitrogen and oxygen atoms in total. The molecule has 3 aromatic rings. The average molecular weight is 429 g/mol. The van der Waals surface area contributed by atoms with Crippen LogP contribution in [0.3, 0.4) is 0 Å². The Balaban J connectivity index is 1.79. The van der Waals surface area contributed by atoms with Gasteiger partial charge in [0.25, 0.3) is 11.6 Å². The van der Waals surface area contributed by atoms with Gasteiger partial charge in [0.15, 0.2) is 5.13 Å². The van der Waals surface area contributed by atoms with E-state index in [4.69, 9.17) is 34.8 Å². The predicted molar refractivity (Wildman–Crippen MR) is 104 cm³/mol. The largest absolute Gasteiger partial charge is 0.298 e. The lowest BCUT2D eigenvalue weighted by Crippen LogP contribution is -2.12. The van der Waals surface area contributed by atoms with Gasteiger partial charge in [0.05, 0.1) is 31.2 Å². The second-order valence-corrected chi connectivity index (χ2v) is 7.12. The number of amides is 1. The quantitative estimate of drug-likeness (QED) is 0.412. The second kappa shape index (κ2) is 7.59. The number of nitrogens with one attached hydrogen (secondary N) is 1. The lowest BCUT2D eigenvalue weighted by molar-refractivity contribution is -0.384. The standard InChI is InChI=1S/C16H8Cl3N3O3S/c17-11-4-1-8(5-13(11)19)14-7-26-16(20-14)21-15(23)10-3-2-9(22(24)25)6-12(10)18/h1-7H,(H,20,21,23). The zero-order valence-corrected chi connectivity index (χ0v) is 15.8. The van der Waals surface area contributed by atoms with E-state index in [2.05, 4.69) is 10.3 Å². The molecule has 0 aliphatic carbocycles. The summed E-state index contributed by atoms with van der Waals surface area (Å²) >= 11 is 19.1. The molecule has 3 rings (SSSR count). The topological polar surface area (TPSA) is 85.1 Å². The van der Waals surface area contributed by atoms with Gasteiger partial charge in [0.1, 0.15) is 0 Å². The number of nitro benzene ring substituents is 1. The first-order valence-electron chi connectivity index (χ1n) is 7.01. The van der Waals surface area contributed by atoms with Gasteiger partial charge < -0.3 is 0 Å². The van der Waals surface area contributed by atoms with Crippen molar-refractivity contribution in [3.05, 3.63) is 72.5 Å². The van der Waals surface area contributed by atoms with Crippen molar-refractivity contribution in [2.75, 3.05) is 5.32 Å². The number of aromatic nitrogens is 1. The Kier molecular flexibility index (Phi) is 5.43. The highest BCUT2D eigenvalue weighted by Gasteiger charge is 2.16. The van der Waals surface area contributed by atoms with Gasteiger partial charge in [0.2, 0.25) is 0 Å². The molecule has 0 aliphatic rings. The monoisotopic (exact) mass is 427 g/mol. The lowest BCUT2D eigenvalue weighted by Gasteiger charge is -2.04. The SMILES string of the molecule is O=C(Nc1nc(-c2ccc(Cl)c(Cl)c2)cs1)c1ccc([N+](=O)[O-])cc1Cl. The summed E-state index contributed by atoms with van der Waals surface area (Å²) in [5.74, 6) is -0.514. The van der Waals surface area contributed by atoms with E-state index in [-0.39, 0.29) is 16.3 Å². The van der Waals surface area contributed by atoms with Crippen LogP contribution in [0, 0.1) is 10.1 Å². The van der Waals surface area contributed by atoms with Gasteiger partial charge in [-0.25, -0.2) is 4.98 Å². The third kappa shape index (κ3) is 3.96. The van der Waals surface area contributed by atoms with Crippen LogP contribution in [0.2, 0.25) is 15.1 Å². The van der Waals surface area contributed by atoms with E-state index < -0.39 is 10.8 Å². The van der Waals surface area contributed by atoms with E-state index in [0.29, 0.717) is 20.9 Å². The third-order valence-electron chi connectivity index (χ3n) is 3.35. The summed E-state index contributed by atoms with van der Waals surface area (Å²) in [6.45, 7) is 0. The highest BCUT2D eigenvalue weighted by molar-refractivity contribution is 7.14. The normalized spacial score (nSPS) is 10.6. The van der Waals surface area contributed by atoms with Crippen LogP contribution in [0.4, 0.5) is 10.8 Å². The van der Waals surface area contributed by atoms with Crippen molar-refractivity contribution in [2.45, 2.75) is 0 Å². The maximum Gasteiger partial charge on any atom is 0.270 e. The molecule has 0 fully saturated rings. The summed E-state index contributed by atoms with van der Waals surface area (Å²) in [5, 5.41) is 16.3. The fourth-order valence-electron chi connectivity index (χ4n) is 2.09. The van der Waals surface area contributed by atoms with Crippen molar-refractivity contribution in [1.29, 1.82) is 0 Å². The minimum Gasteiger partial charge on any atom is -0.298 e. The lowest BCUT2D eigenvalue weighted by atomic mass is 10.2. The van der Waals surface area contributed by atoms with Crippen LogP contribution in [-0.4, -0.2) is 15.8 Å². The number of carbonyl (C=O) groups excluding carboxylic acids is 1. The summed E-state index contributed by atoms with van der Waals surface area (Å²) in [5.41, 5.74) is 1.30. The Morgan fingerprint density at radius 2 is 1.85 bits per heavy atom. The van der Waals surface area contributed by atoms with E-state index in [0.717, 1.165) is 11.6 Å². The molecule has 1 aromatic heterocycles. The van der Waals surface area contributed by atoms with Crippen molar-refractivity contribution in [3.63, 3.8) is 0 Å². The Morgan fingerprint density at radius 1 is 1.08 bits per heavy atom. The first-order valence-corrected chi connectivity index (χ1v) is 9.03. The van der Waals surface area contributed by atoms with Crippen LogP contribution >= 0.6 is 46.1 Å². The summed E-state index contributed by atoms with van der Waals surface area (Å²) in [4.78, 5) is 26.8. The number of rotatable bonds is 4. The molecule has 1 N–H and O–H groups in total. The van der Waals surface area contributed by atoms with Gasteiger partial charge in [0, 0.05) is 23.1 Å². The minimum absolute atomic E-state index is 0.0158. The second-order valence-electron chi connectivity index (χ2n) is 5.04. The highest BCUT2D eigenvalue weighted by Crippen LogP contribution is 2.31. The number of nitro groups is 1. The summed E-state index contributed by atoms with van der Waals surface area (Å²) in [6, 6.07) is 8.74. The predicted octanol–water partition coefficient (Wildman–Crippen LogP) is 5.93. The summed E-state index contributed by atoms with van der Waals surface area (Å²) in [7, 11) is 0. The molecule has 1 heterocycles. The first kappa shape index (κ1) is 18.6. The molecule has 0 saturated carbocycles. The van der Waals surface area contributed by atoms with Gasteiger partial charge in [-0.1, -0.05) is 40.9 Å². The Labute approximate surface area is 166 Å². The number of nitrogens with zero attached hydrogens (tertiary/aromatic N) is 2. The fraction of sp³-hybridized carbons (Fsp3) is 0. The zero-order chi connectivity index (χ0) is 18.8. The number of benzene rings is 2. The van der Waals surface area contributed by atoms with Gasteiger partial charge >= 0.3 is 0 Å². The fourth-order valence-corrected chi connectivity index (χ4v) is 3.36. The van der Waals surface area contributed by atoms with E-state index in [1.807, 2.05) is 0 Å². The Hall–Kier alpha value is -2.19. The van der Waals surface area contributed by atoms with Crippen molar-refractivity contribution in [3.8, 4) is 11.3 Å². The van der Waals surface area contributed by atoms with E-state index >= 15 is 0 Å². The van der Waals surface area contributed by atoms with Crippen LogP contribution in [0.25, 0.3) is 11.3 Å². The molecular formula is C16H8Cl3N3O3S. The Morgan fingerprint density at radius 3 is 2.50 bits per heavy atom. The van der Waals surface area contributed by atoms with Crippen molar-refractivity contribution in [1.82, 2.24) is 4.98 Å². The molecular weight excluding hydrogens is 421 g/mol. The highest BCUT2D eigenvalue weighted by atomic mass is 35.5. The number of hydrogen-bond donors (Lipinski definition) is 1. The molecule has 1 amide bonds. The van der Waals surface area contributed by atoms with Gasteiger partial charge in [-0.3, -0.25) is 20.2 Å². The summed E-state index contributed by atoms with van der Waals surface area (Å²) < 4.78 is 0. The van der Waals surface area contributed by atoms with Gasteiger partial charge in [-0.05, 0) is 18.2 Å². The molecule has 0 aliphatic heterocycles. The van der Waals surface area contributed by atoms with Crippen LogP contribution in [-0.2, 0) is 0 Å². The molecule has 10 heteroatoms. The molecule has 0 saturated heterocycles. The van der Waals surface area contributed by atoms with E-state index in [1.54, 1.807) is 23.6 Å². The zero-order valence-electron chi connectivity index (χ0n) is 12.7. The van der Waals surface area contributed by atoms with Crippen LogP contribution in [0.5, 0.6) is 0 Å². The number of hydrogen-bond acceptors (Lipinski definition) is 5. The minimum atomic E-state index is -0.585. The molecule has 26 heavy (non-hydrogen) atoms. The summed E-state index contributed by atoms with van der Waals surface area (Å²) in [6.07, 6.45) is 0. The number of halogens is 3. The third-order valence-corrected chi connectivity index (χ3v) is 5.16. The molecule has 132 valence electrons. The van der Waals surface area contributed by atoms with Gasteiger partial charge in [-0.15, -0.1) is 11.3 Å². The maximum atomic E-state index is 12.3. The van der Waals surface area contributed by atoms with Crippen LogP contribution in [0.15, 0.2) is 41.8 Å². The molecule has 0 radical (unpaired) electrons. The van der Waals surface area contributed by atoms with Gasteiger partial charge in [-0.2, -0.15) is 0 Å². The van der Waals surface area contributed by atoms with Crippen molar-refractivity contribution < 1.29 is 9.72 Å². The Bertz CT molecular complexity index is 1020. The average Bonchev–Trinajstić information content (AvgIpc) is 3.05. The van der Waals surface area contributed by atoms with Crippen molar-refractivity contribution in [2.24, 2.45) is 0 Å². The molecule has 2 aromatic carbocycles. The molecule has 0 spiro atoms. The van der Waals surface area contributed by atoms with E-state index in [1.165, 1.54) is 23.5 Å². The molecule has 0 atom stereocenters. The smallest absolute Gasteiger partial charge is 0.270 e. The number of carbonyl (C=O) groups is 1. The number of thiazole rings is 1. The maximum absolute atomic E-state index is 12.3. The van der Waals surface area contributed by atoms with E-state index in [9.17, 15) is 14.9 Å². The molecule has 0 bridgehead atoms. The van der Waals surface area contributed by atoms with Crippen molar-refractivity contribution >= 4 is 62.9 Å². The van der Waals surface area contributed by atoms with Crippen LogP contribution in [0.1, 0.15) is 10.4 Å². The molecule has 0 unspecified atom stereocenters.